The first-order valence-corrected chi connectivity index (χ1v) is 7.47. The second kappa shape index (κ2) is 7.81. The molecule has 2 aromatic rings. The monoisotopic (exact) mass is 322 g/mol. The van der Waals surface area contributed by atoms with Gasteiger partial charge in [0.25, 0.3) is 0 Å². The number of ether oxygens (including phenoxy) is 1. The van der Waals surface area contributed by atoms with Crippen molar-refractivity contribution in [2.75, 3.05) is 0 Å². The van der Waals surface area contributed by atoms with Crippen molar-refractivity contribution in [3.63, 3.8) is 0 Å². The molecule has 2 rings (SSSR count). The third-order valence-corrected chi connectivity index (χ3v) is 3.40. The molecule has 0 aliphatic rings. The van der Waals surface area contributed by atoms with Gasteiger partial charge in [0.1, 0.15) is 28.8 Å². The Kier molecular flexibility index (Phi) is 5.79. The summed E-state index contributed by atoms with van der Waals surface area (Å²) in [6, 6.07) is 6.91. The summed E-state index contributed by atoms with van der Waals surface area (Å²) in [6.07, 6.45) is 3.36. The van der Waals surface area contributed by atoms with E-state index >= 15 is 0 Å². The summed E-state index contributed by atoms with van der Waals surface area (Å²) in [7, 11) is 0. The first-order chi connectivity index (χ1) is 11.0. The average Bonchev–Trinajstić information content (AvgIpc) is 2.49. The molecule has 0 N–H and O–H groups in total. The molecular formula is C18H17F3O2. The zero-order valence-corrected chi connectivity index (χ0v) is 12.7. The maximum Gasteiger partial charge on any atom is 0.349 e. The summed E-state index contributed by atoms with van der Waals surface area (Å²) in [6.45, 7) is 2.04. The average molecular weight is 322 g/mol. The van der Waals surface area contributed by atoms with E-state index in [1.165, 1.54) is 12.1 Å². The molecule has 0 amide bonds. The second-order valence-corrected chi connectivity index (χ2v) is 5.24. The van der Waals surface area contributed by atoms with Crippen molar-refractivity contribution in [2.45, 2.75) is 32.6 Å². The van der Waals surface area contributed by atoms with Crippen molar-refractivity contribution in [3.05, 3.63) is 65.0 Å². The molecule has 0 unspecified atom stereocenters. The minimum atomic E-state index is -1.15. The molecule has 0 radical (unpaired) electrons. The maximum atomic E-state index is 14.0. The van der Waals surface area contributed by atoms with Crippen molar-refractivity contribution < 1.29 is 22.7 Å². The molecule has 23 heavy (non-hydrogen) atoms. The summed E-state index contributed by atoms with van der Waals surface area (Å²) >= 11 is 0. The predicted octanol–water partition coefficient (Wildman–Crippen LogP) is 5.06. The first-order valence-electron chi connectivity index (χ1n) is 7.47. The van der Waals surface area contributed by atoms with Crippen LogP contribution in [0, 0.1) is 17.5 Å². The highest BCUT2D eigenvalue weighted by Gasteiger charge is 2.20. The fraction of sp³-hybridized carbons (Fsp3) is 0.278. The van der Waals surface area contributed by atoms with E-state index in [1.54, 1.807) is 0 Å². The topological polar surface area (TPSA) is 26.3 Å². The van der Waals surface area contributed by atoms with Crippen molar-refractivity contribution in [3.8, 4) is 5.75 Å². The third kappa shape index (κ3) is 4.58. The fourth-order valence-electron chi connectivity index (χ4n) is 2.20. The van der Waals surface area contributed by atoms with Crippen molar-refractivity contribution >= 4 is 5.97 Å². The standard InChI is InChI=1S/C18H17F3O2/c1-2-3-4-5-12-10-15(20)17(16(21)11-12)18(22)23-14-8-6-13(19)7-9-14/h6-11H,2-5H2,1H3. The second-order valence-electron chi connectivity index (χ2n) is 5.24. The van der Waals surface area contributed by atoms with Crippen LogP contribution in [-0.4, -0.2) is 5.97 Å². The maximum absolute atomic E-state index is 14.0. The molecule has 0 bridgehead atoms. The van der Waals surface area contributed by atoms with Crippen LogP contribution in [-0.2, 0) is 6.42 Å². The minimum absolute atomic E-state index is 0.0159. The van der Waals surface area contributed by atoms with E-state index in [2.05, 4.69) is 0 Å². The molecule has 0 saturated carbocycles. The number of rotatable bonds is 6. The van der Waals surface area contributed by atoms with Crippen LogP contribution in [0.25, 0.3) is 0 Å². The zero-order chi connectivity index (χ0) is 16.8. The Balaban J connectivity index is 2.15. The van der Waals surface area contributed by atoms with Gasteiger partial charge in [-0.1, -0.05) is 19.8 Å². The van der Waals surface area contributed by atoms with Gasteiger partial charge in [0.15, 0.2) is 0 Å². The molecule has 2 nitrogen and oxygen atoms in total. The smallest absolute Gasteiger partial charge is 0.349 e. The highest BCUT2D eigenvalue weighted by atomic mass is 19.1. The van der Waals surface area contributed by atoms with E-state index in [1.807, 2.05) is 6.92 Å². The van der Waals surface area contributed by atoms with Crippen molar-refractivity contribution in [1.29, 1.82) is 0 Å². The largest absolute Gasteiger partial charge is 0.423 e. The number of esters is 1. The Morgan fingerprint density at radius 3 is 2.17 bits per heavy atom. The number of unbranched alkanes of at least 4 members (excludes halogenated alkanes) is 2. The lowest BCUT2D eigenvalue weighted by atomic mass is 10.0. The summed E-state index contributed by atoms with van der Waals surface area (Å²) in [5.74, 6) is -3.54. The summed E-state index contributed by atoms with van der Waals surface area (Å²) in [5.41, 5.74) is -0.236. The Morgan fingerprint density at radius 1 is 1.00 bits per heavy atom. The number of hydrogen-bond donors (Lipinski definition) is 0. The molecule has 5 heteroatoms. The van der Waals surface area contributed by atoms with Crippen LogP contribution >= 0.6 is 0 Å². The van der Waals surface area contributed by atoms with Crippen LogP contribution < -0.4 is 4.74 Å². The van der Waals surface area contributed by atoms with E-state index in [0.717, 1.165) is 43.5 Å². The van der Waals surface area contributed by atoms with Gasteiger partial charge in [-0.15, -0.1) is 0 Å². The number of hydrogen-bond acceptors (Lipinski definition) is 2. The Bertz CT molecular complexity index is 658. The van der Waals surface area contributed by atoms with Gasteiger partial charge in [-0.25, -0.2) is 18.0 Å². The molecule has 0 saturated heterocycles. The molecule has 0 aliphatic carbocycles. The lowest BCUT2D eigenvalue weighted by Crippen LogP contribution is -2.13. The van der Waals surface area contributed by atoms with Gasteiger partial charge in [0, 0.05) is 0 Å². The quantitative estimate of drug-likeness (QED) is 0.422. The zero-order valence-electron chi connectivity index (χ0n) is 12.7. The number of halogens is 3. The molecule has 0 fully saturated rings. The number of carbonyl (C=O) groups excluding carboxylic acids is 1. The lowest BCUT2D eigenvalue weighted by molar-refractivity contribution is 0.0724. The van der Waals surface area contributed by atoms with Crippen LogP contribution in [0.2, 0.25) is 0 Å². The first kappa shape index (κ1) is 17.1. The van der Waals surface area contributed by atoms with E-state index in [9.17, 15) is 18.0 Å². The highest BCUT2D eigenvalue weighted by molar-refractivity contribution is 5.91. The van der Waals surface area contributed by atoms with Crippen LogP contribution in [0.3, 0.4) is 0 Å². The molecule has 2 aromatic carbocycles. The van der Waals surface area contributed by atoms with E-state index in [-0.39, 0.29) is 5.75 Å². The Morgan fingerprint density at radius 2 is 1.61 bits per heavy atom. The number of aryl methyl sites for hydroxylation is 1. The van der Waals surface area contributed by atoms with Gasteiger partial charge in [0.2, 0.25) is 0 Å². The number of carbonyl (C=O) groups is 1. The van der Waals surface area contributed by atoms with Crippen LogP contribution in [0.5, 0.6) is 5.75 Å². The molecule has 0 spiro atoms. The summed E-state index contributed by atoms with van der Waals surface area (Å²) in [4.78, 5) is 11.9. The normalized spacial score (nSPS) is 10.6. The molecule has 122 valence electrons. The number of benzene rings is 2. The lowest BCUT2D eigenvalue weighted by Gasteiger charge is -2.08. The van der Waals surface area contributed by atoms with Crippen LogP contribution in [0.1, 0.15) is 42.1 Å². The van der Waals surface area contributed by atoms with Gasteiger partial charge in [0.05, 0.1) is 0 Å². The van der Waals surface area contributed by atoms with E-state index in [4.69, 9.17) is 4.74 Å². The summed E-state index contributed by atoms with van der Waals surface area (Å²) in [5, 5.41) is 0. The van der Waals surface area contributed by atoms with Crippen molar-refractivity contribution in [1.82, 2.24) is 0 Å². The molecular weight excluding hydrogens is 305 g/mol. The van der Waals surface area contributed by atoms with Crippen LogP contribution in [0.4, 0.5) is 13.2 Å². The Labute approximate surface area is 132 Å². The van der Waals surface area contributed by atoms with Crippen molar-refractivity contribution in [2.24, 2.45) is 0 Å². The van der Waals surface area contributed by atoms with Crippen LogP contribution in [0.15, 0.2) is 36.4 Å². The minimum Gasteiger partial charge on any atom is -0.423 e. The SMILES string of the molecule is CCCCCc1cc(F)c(C(=O)Oc2ccc(F)cc2)c(F)c1. The van der Waals surface area contributed by atoms with Gasteiger partial charge >= 0.3 is 5.97 Å². The molecule has 0 aliphatic heterocycles. The summed E-state index contributed by atoms with van der Waals surface area (Å²) < 4.78 is 45.7. The van der Waals surface area contributed by atoms with E-state index in [0.29, 0.717) is 12.0 Å². The van der Waals surface area contributed by atoms with Gasteiger partial charge in [-0.3, -0.25) is 0 Å². The Hall–Kier alpha value is -2.30. The molecule has 0 aromatic heterocycles. The fourth-order valence-corrected chi connectivity index (χ4v) is 2.20. The third-order valence-electron chi connectivity index (χ3n) is 3.40. The predicted molar refractivity (Wildman–Crippen MR) is 80.9 cm³/mol. The molecule has 0 heterocycles. The highest BCUT2D eigenvalue weighted by Crippen LogP contribution is 2.20. The van der Waals surface area contributed by atoms with E-state index < -0.39 is 29.0 Å². The molecule has 0 atom stereocenters. The van der Waals surface area contributed by atoms with Gasteiger partial charge in [-0.2, -0.15) is 0 Å². The van der Waals surface area contributed by atoms with Gasteiger partial charge < -0.3 is 4.74 Å². The van der Waals surface area contributed by atoms with Gasteiger partial charge in [-0.05, 0) is 54.8 Å².